The molecule has 0 atom stereocenters. The Bertz CT molecular complexity index is 1010. The third kappa shape index (κ3) is 6.01. The molecule has 0 heterocycles. The van der Waals surface area contributed by atoms with E-state index in [9.17, 15) is 26.4 Å². The van der Waals surface area contributed by atoms with Gasteiger partial charge in [0.1, 0.15) is 12.3 Å². The summed E-state index contributed by atoms with van der Waals surface area (Å²) < 4.78 is 70.6. The van der Waals surface area contributed by atoms with Crippen LogP contribution in [0.4, 0.5) is 24.5 Å². The molecule has 29 heavy (non-hydrogen) atoms. The van der Waals surface area contributed by atoms with Crippen LogP contribution in [0.5, 0.6) is 5.75 Å². The number of rotatable bonds is 8. The molecule has 2 aromatic carbocycles. The van der Waals surface area contributed by atoms with Gasteiger partial charge in [-0.15, -0.1) is 0 Å². The monoisotopic (exact) mass is 432 g/mol. The Morgan fingerprint density at radius 3 is 2.31 bits per heavy atom. The number of halogens is 3. The van der Waals surface area contributed by atoms with Crippen LogP contribution in [0.15, 0.2) is 41.3 Å². The summed E-state index contributed by atoms with van der Waals surface area (Å²) in [7, 11) is -4.20. The Labute approximate surface area is 165 Å². The Morgan fingerprint density at radius 2 is 1.72 bits per heavy atom. The predicted octanol–water partition coefficient (Wildman–Crippen LogP) is 3.54. The van der Waals surface area contributed by atoms with Crippen molar-refractivity contribution in [3.8, 4) is 5.75 Å². The lowest BCUT2D eigenvalue weighted by molar-refractivity contribution is -0.139. The van der Waals surface area contributed by atoms with Gasteiger partial charge in [0.05, 0.1) is 16.3 Å². The first-order chi connectivity index (χ1) is 13.4. The third-order valence-electron chi connectivity index (χ3n) is 3.83. The quantitative estimate of drug-likeness (QED) is 0.589. The van der Waals surface area contributed by atoms with Crippen LogP contribution in [-0.2, 0) is 14.8 Å². The normalized spacial score (nSPS) is 11.8. The molecule has 0 radical (unpaired) electrons. The minimum Gasteiger partial charge on any atom is -0.481 e. The Kier molecular flexibility index (Phi) is 6.62. The van der Waals surface area contributed by atoms with Crippen molar-refractivity contribution < 1.29 is 36.2 Å². The second-order valence-electron chi connectivity index (χ2n) is 6.14. The first-order valence-corrected chi connectivity index (χ1v) is 9.76. The van der Waals surface area contributed by atoms with E-state index < -0.39 is 35.3 Å². The summed E-state index contributed by atoms with van der Waals surface area (Å²) >= 11 is 0. The molecule has 0 saturated carbocycles. The first-order valence-electron chi connectivity index (χ1n) is 8.28. The molecule has 0 aliphatic heterocycles. The molecule has 11 heteroatoms. The standard InChI is InChI=1S/C18H19F3N2O5S/c1-11-7-8-15(12(2)17(11)28-9-16(24)25)29(26,27)23-14-6-4-3-5-13(14)22-10-18(19,20)21/h3-8,22-23H,9-10H2,1-2H3,(H,24,25). The van der Waals surface area contributed by atoms with Crippen molar-refractivity contribution in [3.63, 3.8) is 0 Å². The van der Waals surface area contributed by atoms with Crippen molar-refractivity contribution in [3.05, 3.63) is 47.5 Å². The smallest absolute Gasteiger partial charge is 0.405 e. The van der Waals surface area contributed by atoms with Crippen molar-refractivity contribution in [1.82, 2.24) is 0 Å². The Hall–Kier alpha value is -2.95. The topological polar surface area (TPSA) is 105 Å². The number of carbonyl (C=O) groups is 1. The lowest BCUT2D eigenvalue weighted by Gasteiger charge is -2.18. The number of carboxylic acids is 1. The summed E-state index contributed by atoms with van der Waals surface area (Å²) in [5.41, 5.74) is 0.611. The van der Waals surface area contributed by atoms with E-state index in [4.69, 9.17) is 9.84 Å². The van der Waals surface area contributed by atoms with E-state index in [2.05, 4.69) is 10.0 Å². The minimum atomic E-state index is -4.48. The number of ether oxygens (including phenoxy) is 1. The summed E-state index contributed by atoms with van der Waals surface area (Å²) in [6, 6.07) is 8.33. The number of aliphatic carboxylic acids is 1. The molecule has 0 unspecified atom stereocenters. The highest BCUT2D eigenvalue weighted by atomic mass is 32.2. The lowest BCUT2D eigenvalue weighted by Crippen LogP contribution is -2.22. The highest BCUT2D eigenvalue weighted by Crippen LogP contribution is 2.32. The van der Waals surface area contributed by atoms with E-state index in [1.54, 1.807) is 6.92 Å². The van der Waals surface area contributed by atoms with Crippen molar-refractivity contribution in [2.75, 3.05) is 23.2 Å². The van der Waals surface area contributed by atoms with Gasteiger partial charge in [-0.05, 0) is 37.6 Å². The SMILES string of the molecule is Cc1ccc(S(=O)(=O)Nc2ccccc2NCC(F)(F)F)c(C)c1OCC(=O)O. The number of hydrogen-bond acceptors (Lipinski definition) is 5. The van der Waals surface area contributed by atoms with Crippen LogP contribution in [-0.4, -0.2) is 38.8 Å². The molecule has 0 spiro atoms. The van der Waals surface area contributed by atoms with Crippen LogP contribution < -0.4 is 14.8 Å². The number of para-hydroxylation sites is 2. The summed E-state index contributed by atoms with van der Waals surface area (Å²) in [6.07, 6.45) is -4.48. The average Bonchev–Trinajstić information content (AvgIpc) is 2.59. The molecule has 0 saturated heterocycles. The summed E-state index contributed by atoms with van der Waals surface area (Å²) in [5, 5.41) is 10.9. The van der Waals surface area contributed by atoms with Crippen molar-refractivity contribution >= 4 is 27.4 Å². The summed E-state index contributed by atoms with van der Waals surface area (Å²) in [4.78, 5) is 10.6. The maximum atomic E-state index is 12.8. The summed E-state index contributed by atoms with van der Waals surface area (Å²) in [6.45, 7) is 1.10. The highest BCUT2D eigenvalue weighted by Gasteiger charge is 2.27. The second kappa shape index (κ2) is 8.60. The molecule has 0 amide bonds. The van der Waals surface area contributed by atoms with Gasteiger partial charge >= 0.3 is 12.1 Å². The van der Waals surface area contributed by atoms with Gasteiger partial charge in [-0.3, -0.25) is 4.72 Å². The first kappa shape index (κ1) is 22.3. The maximum absolute atomic E-state index is 12.8. The zero-order valence-corrected chi connectivity index (χ0v) is 16.3. The zero-order valence-electron chi connectivity index (χ0n) is 15.5. The van der Waals surface area contributed by atoms with Gasteiger partial charge in [-0.2, -0.15) is 13.2 Å². The fraction of sp³-hybridized carbons (Fsp3) is 0.278. The number of alkyl halides is 3. The van der Waals surface area contributed by atoms with Gasteiger partial charge in [-0.25, -0.2) is 13.2 Å². The third-order valence-corrected chi connectivity index (χ3v) is 5.34. The molecular weight excluding hydrogens is 413 g/mol. The van der Waals surface area contributed by atoms with E-state index in [0.717, 1.165) is 0 Å². The molecule has 158 valence electrons. The number of anilines is 2. The van der Waals surface area contributed by atoms with Gasteiger partial charge < -0.3 is 15.2 Å². The van der Waals surface area contributed by atoms with Crippen molar-refractivity contribution in [1.29, 1.82) is 0 Å². The highest BCUT2D eigenvalue weighted by molar-refractivity contribution is 7.92. The number of hydrogen-bond donors (Lipinski definition) is 3. The fourth-order valence-corrected chi connectivity index (χ4v) is 3.90. The zero-order chi connectivity index (χ0) is 21.8. The van der Waals surface area contributed by atoms with E-state index in [1.807, 2.05) is 0 Å². The van der Waals surface area contributed by atoms with Crippen molar-refractivity contribution in [2.24, 2.45) is 0 Å². The second-order valence-corrected chi connectivity index (χ2v) is 7.79. The Morgan fingerprint density at radius 1 is 1.10 bits per heavy atom. The predicted molar refractivity (Wildman–Crippen MR) is 101 cm³/mol. The molecule has 2 aromatic rings. The number of benzene rings is 2. The minimum absolute atomic E-state index is 0.0412. The number of nitrogens with one attached hydrogen (secondary N) is 2. The van der Waals surface area contributed by atoms with Gasteiger partial charge in [0.2, 0.25) is 0 Å². The molecule has 0 aliphatic rings. The molecule has 0 aromatic heterocycles. The van der Waals surface area contributed by atoms with Crippen molar-refractivity contribution in [2.45, 2.75) is 24.9 Å². The molecule has 0 aliphatic carbocycles. The van der Waals surface area contributed by atoms with Gasteiger partial charge in [0, 0.05) is 5.56 Å². The summed E-state index contributed by atoms with van der Waals surface area (Å²) in [5.74, 6) is -1.11. The molecule has 7 nitrogen and oxygen atoms in total. The van der Waals surface area contributed by atoms with E-state index >= 15 is 0 Å². The van der Waals surface area contributed by atoms with Gasteiger partial charge in [0.25, 0.3) is 10.0 Å². The van der Waals surface area contributed by atoms with Crippen LogP contribution >= 0.6 is 0 Å². The number of carboxylic acid groups (broad SMARTS) is 1. The fourth-order valence-electron chi connectivity index (χ4n) is 2.58. The molecular formula is C18H19F3N2O5S. The lowest BCUT2D eigenvalue weighted by atomic mass is 10.1. The largest absolute Gasteiger partial charge is 0.481 e. The average molecular weight is 432 g/mol. The van der Waals surface area contributed by atoms with Crippen LogP contribution in [0.1, 0.15) is 11.1 Å². The van der Waals surface area contributed by atoms with E-state index in [0.29, 0.717) is 5.56 Å². The molecule has 2 rings (SSSR count). The molecule has 3 N–H and O–H groups in total. The van der Waals surface area contributed by atoms with Crippen LogP contribution in [0.25, 0.3) is 0 Å². The molecule has 0 fully saturated rings. The van der Waals surface area contributed by atoms with Crippen LogP contribution in [0.3, 0.4) is 0 Å². The molecule has 0 bridgehead atoms. The number of aryl methyl sites for hydroxylation is 1. The van der Waals surface area contributed by atoms with Gasteiger partial charge in [0.15, 0.2) is 6.61 Å². The van der Waals surface area contributed by atoms with Gasteiger partial charge in [-0.1, -0.05) is 18.2 Å². The van der Waals surface area contributed by atoms with E-state index in [-0.39, 0.29) is 27.6 Å². The van der Waals surface area contributed by atoms with Crippen LogP contribution in [0.2, 0.25) is 0 Å². The number of sulfonamides is 1. The van der Waals surface area contributed by atoms with Crippen LogP contribution in [0, 0.1) is 13.8 Å². The Balaban J connectivity index is 2.36. The maximum Gasteiger partial charge on any atom is 0.405 e. The van der Waals surface area contributed by atoms with E-state index in [1.165, 1.54) is 43.3 Å².